The van der Waals surface area contributed by atoms with Crippen LogP contribution < -0.4 is 4.57 Å². The maximum absolute atomic E-state index is 5.48. The molecule has 0 saturated carbocycles. The predicted molar refractivity (Wildman–Crippen MR) is 108 cm³/mol. The zero-order valence-electron chi connectivity index (χ0n) is 15.0. The SMILES string of the molecule is C(=Cc1n(-c2ccccn2)c2ccccc2[n+]1-c1ccccn1)c1ccco1. The number of benzene rings is 1. The van der Waals surface area contributed by atoms with Gasteiger partial charge in [-0.05, 0) is 48.5 Å². The maximum atomic E-state index is 5.48. The molecule has 134 valence electrons. The van der Waals surface area contributed by atoms with Gasteiger partial charge < -0.3 is 4.42 Å². The van der Waals surface area contributed by atoms with Crippen LogP contribution in [0.25, 0.3) is 34.8 Å². The van der Waals surface area contributed by atoms with Crippen molar-refractivity contribution in [2.24, 2.45) is 0 Å². The first-order valence-electron chi connectivity index (χ1n) is 9.02. The third-order valence-corrected chi connectivity index (χ3v) is 4.52. The molecule has 5 nitrogen and oxygen atoms in total. The molecule has 28 heavy (non-hydrogen) atoms. The average molecular weight is 365 g/mol. The van der Waals surface area contributed by atoms with Crippen molar-refractivity contribution >= 4 is 23.2 Å². The first-order valence-corrected chi connectivity index (χ1v) is 9.02. The van der Waals surface area contributed by atoms with E-state index in [1.54, 1.807) is 18.7 Å². The minimum atomic E-state index is 0.783. The highest BCUT2D eigenvalue weighted by Crippen LogP contribution is 2.22. The van der Waals surface area contributed by atoms with Gasteiger partial charge in [0.2, 0.25) is 5.82 Å². The van der Waals surface area contributed by atoms with Crippen LogP contribution in [0, 0.1) is 0 Å². The minimum Gasteiger partial charge on any atom is -0.465 e. The molecule has 5 rings (SSSR count). The van der Waals surface area contributed by atoms with Crippen molar-refractivity contribution in [3.05, 3.63) is 103 Å². The second-order valence-corrected chi connectivity index (χ2v) is 6.24. The van der Waals surface area contributed by atoms with Crippen LogP contribution in [0.4, 0.5) is 0 Å². The zero-order chi connectivity index (χ0) is 18.8. The molecule has 0 N–H and O–H groups in total. The van der Waals surface area contributed by atoms with Crippen molar-refractivity contribution in [2.45, 2.75) is 0 Å². The monoisotopic (exact) mass is 365 g/mol. The Balaban J connectivity index is 1.85. The smallest absolute Gasteiger partial charge is 0.267 e. The number of para-hydroxylation sites is 2. The first-order chi connectivity index (χ1) is 13.9. The molecule has 0 aliphatic rings. The third-order valence-electron chi connectivity index (χ3n) is 4.52. The molecular weight excluding hydrogens is 348 g/mol. The van der Waals surface area contributed by atoms with E-state index < -0.39 is 0 Å². The van der Waals surface area contributed by atoms with Crippen LogP contribution in [0.1, 0.15) is 11.6 Å². The van der Waals surface area contributed by atoms with Gasteiger partial charge in [-0.3, -0.25) is 0 Å². The van der Waals surface area contributed by atoms with Gasteiger partial charge in [0.25, 0.3) is 5.82 Å². The van der Waals surface area contributed by atoms with E-state index >= 15 is 0 Å². The van der Waals surface area contributed by atoms with Gasteiger partial charge in [-0.25, -0.2) is 9.55 Å². The fraction of sp³-hybridized carbons (Fsp3) is 0. The lowest BCUT2D eigenvalue weighted by atomic mass is 10.3. The summed E-state index contributed by atoms with van der Waals surface area (Å²) in [6.45, 7) is 0. The summed E-state index contributed by atoms with van der Waals surface area (Å²) < 4.78 is 9.74. The van der Waals surface area contributed by atoms with Crippen molar-refractivity contribution in [1.29, 1.82) is 0 Å². The van der Waals surface area contributed by atoms with E-state index in [9.17, 15) is 0 Å². The zero-order valence-corrected chi connectivity index (χ0v) is 15.0. The van der Waals surface area contributed by atoms with E-state index in [0.29, 0.717) is 0 Å². The molecule has 5 heteroatoms. The molecule has 5 aromatic rings. The summed E-state index contributed by atoms with van der Waals surface area (Å²) in [7, 11) is 0. The molecule has 0 spiro atoms. The molecule has 0 amide bonds. The predicted octanol–water partition coefficient (Wildman–Crippen LogP) is 4.46. The largest absolute Gasteiger partial charge is 0.465 e. The molecule has 0 aliphatic heterocycles. The number of aromatic nitrogens is 4. The molecule has 0 atom stereocenters. The van der Waals surface area contributed by atoms with E-state index in [4.69, 9.17) is 4.42 Å². The summed E-state index contributed by atoms with van der Waals surface area (Å²) in [5, 5.41) is 0. The highest BCUT2D eigenvalue weighted by atomic mass is 16.3. The number of rotatable bonds is 4. The molecule has 0 aliphatic carbocycles. The maximum Gasteiger partial charge on any atom is 0.267 e. The minimum absolute atomic E-state index is 0.783. The summed E-state index contributed by atoms with van der Waals surface area (Å²) in [5.74, 6) is 3.39. The van der Waals surface area contributed by atoms with Gasteiger partial charge in [-0.15, -0.1) is 4.98 Å². The molecule has 0 unspecified atom stereocenters. The standard InChI is InChI=1S/C23H17N4O/c1-2-10-20-19(9-1)26(21-11-3-5-15-24-21)23(14-13-18-8-7-17-28-18)27(20)22-12-4-6-16-25-22/h1-17H/q+1. The van der Waals surface area contributed by atoms with Gasteiger partial charge in [-0.1, -0.05) is 24.3 Å². The Kier molecular flexibility index (Phi) is 4.03. The van der Waals surface area contributed by atoms with Gasteiger partial charge >= 0.3 is 0 Å². The fourth-order valence-electron chi connectivity index (χ4n) is 3.33. The topological polar surface area (TPSA) is 47.7 Å². The van der Waals surface area contributed by atoms with Crippen LogP contribution in [0.15, 0.2) is 95.9 Å². The highest BCUT2D eigenvalue weighted by Gasteiger charge is 2.24. The van der Waals surface area contributed by atoms with Gasteiger partial charge in [0, 0.05) is 18.3 Å². The van der Waals surface area contributed by atoms with E-state index in [1.807, 2.05) is 72.8 Å². The quantitative estimate of drug-likeness (QED) is 0.442. The van der Waals surface area contributed by atoms with E-state index in [0.717, 1.165) is 34.3 Å². The Morgan fingerprint density at radius 3 is 2.36 bits per heavy atom. The molecule has 0 saturated heterocycles. The number of pyridine rings is 2. The number of nitrogens with zero attached hydrogens (tertiary/aromatic N) is 4. The van der Waals surface area contributed by atoms with Crippen molar-refractivity contribution in [3.8, 4) is 11.6 Å². The Bertz CT molecular complexity index is 1160. The molecule has 4 heterocycles. The van der Waals surface area contributed by atoms with Crippen LogP contribution in [-0.2, 0) is 0 Å². The van der Waals surface area contributed by atoms with Crippen LogP contribution in [-0.4, -0.2) is 14.5 Å². The van der Waals surface area contributed by atoms with Gasteiger partial charge in [0.1, 0.15) is 23.0 Å². The van der Waals surface area contributed by atoms with Crippen molar-refractivity contribution in [1.82, 2.24) is 14.5 Å². The lowest BCUT2D eigenvalue weighted by molar-refractivity contribution is -0.574. The molecule has 0 fully saturated rings. The van der Waals surface area contributed by atoms with Crippen LogP contribution in [0.2, 0.25) is 0 Å². The van der Waals surface area contributed by atoms with Crippen LogP contribution in [0.5, 0.6) is 0 Å². The summed E-state index contributed by atoms with van der Waals surface area (Å²) in [4.78, 5) is 9.17. The number of imidazole rings is 1. The Morgan fingerprint density at radius 2 is 1.61 bits per heavy atom. The number of fused-ring (bicyclic) bond motifs is 1. The Morgan fingerprint density at radius 1 is 0.786 bits per heavy atom. The van der Waals surface area contributed by atoms with Crippen molar-refractivity contribution in [3.63, 3.8) is 0 Å². The van der Waals surface area contributed by atoms with Crippen molar-refractivity contribution < 1.29 is 8.98 Å². The number of furan rings is 1. The molecule has 4 aromatic heterocycles. The Hall–Kier alpha value is -3.99. The average Bonchev–Trinajstić information content (AvgIpc) is 3.39. The summed E-state index contributed by atoms with van der Waals surface area (Å²) in [5.41, 5.74) is 2.09. The van der Waals surface area contributed by atoms with E-state index in [-0.39, 0.29) is 0 Å². The molecular formula is C23H17N4O+. The lowest BCUT2D eigenvalue weighted by Gasteiger charge is -2.02. The molecule has 0 bridgehead atoms. The summed E-state index contributed by atoms with van der Waals surface area (Å²) in [6.07, 6.45) is 9.25. The highest BCUT2D eigenvalue weighted by molar-refractivity contribution is 5.78. The lowest BCUT2D eigenvalue weighted by Crippen LogP contribution is -2.34. The molecule has 1 aromatic carbocycles. The summed E-state index contributed by atoms with van der Waals surface area (Å²) in [6, 6.07) is 23.9. The number of hydrogen-bond acceptors (Lipinski definition) is 3. The third kappa shape index (κ3) is 2.79. The second kappa shape index (κ2) is 6.96. The normalized spacial score (nSPS) is 11.4. The van der Waals surface area contributed by atoms with Gasteiger partial charge in [-0.2, -0.15) is 4.57 Å². The van der Waals surface area contributed by atoms with Crippen LogP contribution >= 0.6 is 0 Å². The van der Waals surface area contributed by atoms with Crippen molar-refractivity contribution in [2.75, 3.05) is 0 Å². The Labute approximate surface area is 161 Å². The van der Waals surface area contributed by atoms with Gasteiger partial charge in [0.05, 0.1) is 6.26 Å². The van der Waals surface area contributed by atoms with E-state index in [2.05, 4.69) is 31.2 Å². The van der Waals surface area contributed by atoms with Gasteiger partial charge in [0.15, 0.2) is 5.82 Å². The fourth-order valence-corrected chi connectivity index (χ4v) is 3.33. The second-order valence-electron chi connectivity index (χ2n) is 6.24. The summed E-state index contributed by atoms with van der Waals surface area (Å²) >= 11 is 0. The number of hydrogen-bond donors (Lipinski definition) is 0. The van der Waals surface area contributed by atoms with Crippen LogP contribution in [0.3, 0.4) is 0 Å². The first kappa shape index (κ1) is 16.2. The molecule has 0 radical (unpaired) electrons. The van der Waals surface area contributed by atoms with E-state index in [1.165, 1.54) is 0 Å².